The third kappa shape index (κ3) is 5.70. The summed E-state index contributed by atoms with van der Waals surface area (Å²) in [6, 6.07) is 9.59. The van der Waals surface area contributed by atoms with E-state index in [1.54, 1.807) is 12.4 Å². The number of fused-ring (bicyclic) bond motifs is 1. The smallest absolute Gasteiger partial charge is 0.228 e. The van der Waals surface area contributed by atoms with E-state index in [0.717, 1.165) is 60.2 Å². The number of amides is 1. The Morgan fingerprint density at radius 1 is 1.17 bits per heavy atom. The molecule has 2 N–H and O–H groups in total. The molecule has 5 rings (SSSR count). The third-order valence-electron chi connectivity index (χ3n) is 6.18. The highest BCUT2D eigenvalue weighted by molar-refractivity contribution is 5.99. The van der Waals surface area contributed by atoms with E-state index in [2.05, 4.69) is 44.4 Å². The summed E-state index contributed by atoms with van der Waals surface area (Å²) < 4.78 is 11.7. The van der Waals surface area contributed by atoms with Crippen molar-refractivity contribution in [3.05, 3.63) is 53.9 Å². The molecule has 180 valence electrons. The molecule has 0 bridgehead atoms. The Hall–Kier alpha value is -3.67. The van der Waals surface area contributed by atoms with Gasteiger partial charge in [0.2, 0.25) is 5.91 Å². The van der Waals surface area contributed by atoms with Gasteiger partial charge in [0.25, 0.3) is 0 Å². The van der Waals surface area contributed by atoms with Crippen LogP contribution in [0.25, 0.3) is 10.8 Å². The Labute approximate surface area is 205 Å². The van der Waals surface area contributed by atoms with Gasteiger partial charge in [0, 0.05) is 54.8 Å². The number of pyridine rings is 2. The van der Waals surface area contributed by atoms with Crippen molar-refractivity contribution < 1.29 is 14.3 Å². The summed E-state index contributed by atoms with van der Waals surface area (Å²) in [6.07, 6.45) is 5.44. The van der Waals surface area contributed by atoms with E-state index in [4.69, 9.17) is 9.47 Å². The molecule has 1 aromatic carbocycles. The van der Waals surface area contributed by atoms with Crippen LogP contribution in [-0.4, -0.2) is 67.3 Å². The molecule has 35 heavy (non-hydrogen) atoms. The van der Waals surface area contributed by atoms with E-state index in [-0.39, 0.29) is 17.9 Å². The fourth-order valence-corrected chi connectivity index (χ4v) is 4.01. The number of ether oxygens (including phenoxy) is 2. The molecule has 8 heteroatoms. The summed E-state index contributed by atoms with van der Waals surface area (Å²) in [7, 11) is 3.91. The second-order valence-electron chi connectivity index (χ2n) is 8.99. The van der Waals surface area contributed by atoms with Gasteiger partial charge in [-0.05, 0) is 50.2 Å². The number of hydrogen-bond acceptors (Lipinski definition) is 7. The van der Waals surface area contributed by atoms with Crippen LogP contribution in [0.15, 0.2) is 42.7 Å². The van der Waals surface area contributed by atoms with Crippen LogP contribution in [0, 0.1) is 17.8 Å². The minimum absolute atomic E-state index is 0.0248. The largest absolute Gasteiger partial charge is 0.491 e. The van der Waals surface area contributed by atoms with Crippen LogP contribution in [0.4, 0.5) is 11.6 Å². The Bertz CT molecular complexity index is 1280. The third-order valence-corrected chi connectivity index (χ3v) is 6.18. The lowest BCUT2D eigenvalue weighted by Gasteiger charge is -2.29. The summed E-state index contributed by atoms with van der Waals surface area (Å²) in [5, 5.41) is 7.74. The quantitative estimate of drug-likeness (QED) is 0.534. The summed E-state index contributed by atoms with van der Waals surface area (Å²) in [6.45, 7) is 3.10. The van der Waals surface area contributed by atoms with Gasteiger partial charge in [-0.15, -0.1) is 0 Å². The van der Waals surface area contributed by atoms with E-state index < -0.39 is 0 Å². The maximum absolute atomic E-state index is 12.2. The van der Waals surface area contributed by atoms with Gasteiger partial charge >= 0.3 is 0 Å². The molecule has 1 aliphatic carbocycles. The number of nitrogens with one attached hydrogen (secondary N) is 2. The molecular formula is C27H29N5O3. The summed E-state index contributed by atoms with van der Waals surface area (Å²) in [4.78, 5) is 23.3. The lowest BCUT2D eigenvalue weighted by atomic mass is 10.1. The molecule has 3 heterocycles. The second kappa shape index (κ2) is 10.3. The lowest BCUT2D eigenvalue weighted by molar-refractivity contribution is -0.117. The van der Waals surface area contributed by atoms with Crippen molar-refractivity contribution in [3.63, 3.8) is 0 Å². The lowest BCUT2D eigenvalue weighted by Crippen LogP contribution is -2.42. The van der Waals surface area contributed by atoms with Crippen molar-refractivity contribution >= 4 is 28.3 Å². The molecule has 2 aliphatic rings. The van der Waals surface area contributed by atoms with Gasteiger partial charge in [-0.2, -0.15) is 0 Å². The molecule has 1 amide bonds. The molecule has 0 unspecified atom stereocenters. The number of rotatable bonds is 6. The molecular weight excluding hydrogens is 442 g/mol. The zero-order chi connectivity index (χ0) is 24.2. The number of nitrogens with zero attached hydrogens (tertiary/aromatic N) is 3. The van der Waals surface area contributed by atoms with Gasteiger partial charge in [0.05, 0.1) is 12.2 Å². The molecule has 3 aromatic rings. The minimum atomic E-state index is 0.0248. The first-order valence-electron chi connectivity index (χ1n) is 11.9. The topological polar surface area (TPSA) is 88.6 Å². The van der Waals surface area contributed by atoms with Crippen LogP contribution < -0.4 is 15.4 Å². The summed E-state index contributed by atoms with van der Waals surface area (Å²) in [5.41, 5.74) is 1.63. The van der Waals surface area contributed by atoms with Crippen LogP contribution in [0.1, 0.15) is 24.0 Å². The van der Waals surface area contributed by atoms with Crippen LogP contribution in [0.3, 0.4) is 0 Å². The van der Waals surface area contributed by atoms with Crippen molar-refractivity contribution in [1.29, 1.82) is 0 Å². The number of morpholine rings is 1. The van der Waals surface area contributed by atoms with Gasteiger partial charge < -0.3 is 25.0 Å². The highest BCUT2D eigenvalue weighted by Gasteiger charge is 2.29. The standard InChI is InChI=1S/C27H29N5O3/c1-28-26-24-15-29-25(31-27(33)19-7-8-19)13-23(24)20(14-30-26)6-3-18-4-9-21(10-5-18)35-17-22-16-32(2)11-12-34-22/h4-5,9-10,13-15,19,22H,7-8,11-12,16-17H2,1-2H3,(H,28,30)(H,29,31,33)/t22-/m0/s1. The van der Waals surface area contributed by atoms with E-state index in [1.165, 1.54) is 0 Å². The molecule has 1 aliphatic heterocycles. The molecule has 2 fully saturated rings. The van der Waals surface area contributed by atoms with Crippen LogP contribution in [0.5, 0.6) is 5.75 Å². The molecule has 1 saturated carbocycles. The van der Waals surface area contributed by atoms with Gasteiger partial charge in [0.15, 0.2) is 0 Å². The number of carbonyl (C=O) groups is 1. The monoisotopic (exact) mass is 471 g/mol. The average Bonchev–Trinajstić information content (AvgIpc) is 3.72. The highest BCUT2D eigenvalue weighted by atomic mass is 16.5. The predicted molar refractivity (Wildman–Crippen MR) is 136 cm³/mol. The van der Waals surface area contributed by atoms with Crippen LogP contribution >= 0.6 is 0 Å². The number of carbonyl (C=O) groups excluding carboxylic acids is 1. The first-order chi connectivity index (χ1) is 17.1. The SMILES string of the molecule is CNc1ncc(C#Cc2ccc(OC[C@@H]3CN(C)CCO3)cc2)c2cc(NC(=O)C3CC3)ncc12. The Morgan fingerprint density at radius 3 is 2.74 bits per heavy atom. The molecule has 8 nitrogen and oxygen atoms in total. The van der Waals surface area contributed by atoms with Gasteiger partial charge in [0.1, 0.15) is 30.1 Å². The summed E-state index contributed by atoms with van der Waals surface area (Å²) >= 11 is 0. The van der Waals surface area contributed by atoms with Crippen molar-refractivity contribution in [2.24, 2.45) is 5.92 Å². The molecule has 1 atom stereocenters. The summed E-state index contributed by atoms with van der Waals surface area (Å²) in [5.74, 6) is 8.62. The number of anilines is 2. The van der Waals surface area contributed by atoms with Crippen molar-refractivity contribution in [3.8, 4) is 17.6 Å². The minimum Gasteiger partial charge on any atom is -0.491 e. The van der Waals surface area contributed by atoms with E-state index in [9.17, 15) is 4.79 Å². The Kier molecular flexibility index (Phi) is 6.80. The van der Waals surface area contributed by atoms with Crippen LogP contribution in [0.2, 0.25) is 0 Å². The first kappa shape index (κ1) is 23.1. The van der Waals surface area contributed by atoms with Crippen molar-refractivity contribution in [1.82, 2.24) is 14.9 Å². The number of likely N-dealkylation sites (N-methyl/N-ethyl adjacent to an activating group) is 1. The first-order valence-corrected chi connectivity index (χ1v) is 11.9. The van der Waals surface area contributed by atoms with Crippen LogP contribution in [-0.2, 0) is 9.53 Å². The molecule has 0 spiro atoms. The van der Waals surface area contributed by atoms with E-state index in [1.807, 2.05) is 37.4 Å². The highest BCUT2D eigenvalue weighted by Crippen LogP contribution is 2.31. The van der Waals surface area contributed by atoms with E-state index >= 15 is 0 Å². The Morgan fingerprint density at radius 2 is 2.00 bits per heavy atom. The fourth-order valence-electron chi connectivity index (χ4n) is 4.01. The molecule has 2 aromatic heterocycles. The molecule has 0 radical (unpaired) electrons. The van der Waals surface area contributed by atoms with Crippen molar-refractivity contribution in [2.75, 3.05) is 51.0 Å². The van der Waals surface area contributed by atoms with E-state index in [0.29, 0.717) is 18.2 Å². The second-order valence-corrected chi connectivity index (χ2v) is 8.99. The van der Waals surface area contributed by atoms with Gasteiger partial charge in [-0.1, -0.05) is 11.8 Å². The zero-order valence-electron chi connectivity index (χ0n) is 20.0. The normalized spacial score (nSPS) is 17.9. The predicted octanol–water partition coefficient (Wildman–Crippen LogP) is 3.13. The zero-order valence-corrected chi connectivity index (χ0v) is 20.0. The number of hydrogen-bond donors (Lipinski definition) is 2. The fraction of sp³-hybridized carbons (Fsp3) is 0.370. The number of aromatic nitrogens is 2. The maximum atomic E-state index is 12.2. The van der Waals surface area contributed by atoms with Gasteiger partial charge in [-0.3, -0.25) is 4.79 Å². The number of benzene rings is 1. The average molecular weight is 472 g/mol. The maximum Gasteiger partial charge on any atom is 0.228 e. The Balaban J connectivity index is 1.32. The molecule has 1 saturated heterocycles. The van der Waals surface area contributed by atoms with Crippen molar-refractivity contribution in [2.45, 2.75) is 18.9 Å². The van der Waals surface area contributed by atoms with Gasteiger partial charge in [-0.25, -0.2) is 9.97 Å².